The van der Waals surface area contributed by atoms with E-state index in [0.29, 0.717) is 28.6 Å². The minimum absolute atomic E-state index is 0.199. The summed E-state index contributed by atoms with van der Waals surface area (Å²) in [5, 5.41) is 15.3. The molecule has 1 atom stereocenters. The van der Waals surface area contributed by atoms with E-state index in [9.17, 15) is 4.79 Å². The Labute approximate surface area is 127 Å². The second-order valence-electron chi connectivity index (χ2n) is 4.46. The lowest BCUT2D eigenvalue weighted by molar-refractivity contribution is -0.121. The van der Waals surface area contributed by atoms with E-state index in [0.717, 1.165) is 0 Å². The number of carbonyl (C=O) groups is 1. The van der Waals surface area contributed by atoms with Crippen molar-refractivity contribution in [2.45, 2.75) is 19.5 Å². The van der Waals surface area contributed by atoms with Gasteiger partial charge in [0, 0.05) is 5.02 Å². The van der Waals surface area contributed by atoms with Gasteiger partial charge in [-0.15, -0.1) is 0 Å². The fourth-order valence-corrected chi connectivity index (χ4v) is 1.94. The van der Waals surface area contributed by atoms with Crippen LogP contribution < -0.4 is 10.6 Å². The van der Waals surface area contributed by atoms with Crippen molar-refractivity contribution in [2.75, 3.05) is 5.32 Å². The van der Waals surface area contributed by atoms with Crippen LogP contribution in [-0.4, -0.2) is 11.9 Å². The zero-order chi connectivity index (χ0) is 15.2. The van der Waals surface area contributed by atoms with Gasteiger partial charge in [0.25, 0.3) is 0 Å². The highest BCUT2D eigenvalue weighted by Crippen LogP contribution is 2.21. The SMILES string of the molecule is CC(Nc1cc(Cl)ccc1C#N)C(=O)NCc1ccco1. The van der Waals surface area contributed by atoms with Gasteiger partial charge in [-0.25, -0.2) is 0 Å². The number of anilines is 1. The molecule has 6 heteroatoms. The Hall–Kier alpha value is -2.45. The second kappa shape index (κ2) is 6.82. The van der Waals surface area contributed by atoms with E-state index in [4.69, 9.17) is 21.3 Å². The van der Waals surface area contributed by atoms with Crippen molar-refractivity contribution in [1.82, 2.24) is 5.32 Å². The van der Waals surface area contributed by atoms with Crippen molar-refractivity contribution in [2.24, 2.45) is 0 Å². The number of furan rings is 1. The molecular weight excluding hydrogens is 290 g/mol. The summed E-state index contributed by atoms with van der Waals surface area (Å²) in [4.78, 5) is 12.0. The largest absolute Gasteiger partial charge is 0.467 e. The fraction of sp³-hybridized carbons (Fsp3) is 0.200. The maximum absolute atomic E-state index is 12.0. The topological polar surface area (TPSA) is 78.1 Å². The molecule has 0 aliphatic heterocycles. The highest BCUT2D eigenvalue weighted by Gasteiger charge is 2.14. The van der Waals surface area contributed by atoms with Gasteiger partial charge in [0.15, 0.2) is 0 Å². The van der Waals surface area contributed by atoms with Crippen LogP contribution in [0, 0.1) is 11.3 Å². The number of benzene rings is 1. The Morgan fingerprint density at radius 3 is 2.95 bits per heavy atom. The first-order valence-electron chi connectivity index (χ1n) is 6.36. The maximum atomic E-state index is 12.0. The quantitative estimate of drug-likeness (QED) is 0.890. The zero-order valence-corrected chi connectivity index (χ0v) is 12.1. The molecule has 0 saturated heterocycles. The molecule has 2 rings (SSSR count). The standard InChI is InChI=1S/C15H14ClN3O2/c1-10(15(20)18-9-13-3-2-6-21-13)19-14-7-12(16)5-4-11(14)8-17/h2-7,10,19H,9H2,1H3,(H,18,20). The lowest BCUT2D eigenvalue weighted by Crippen LogP contribution is -2.37. The first-order chi connectivity index (χ1) is 10.1. The minimum Gasteiger partial charge on any atom is -0.467 e. The van der Waals surface area contributed by atoms with Crippen LogP contribution in [0.5, 0.6) is 0 Å². The van der Waals surface area contributed by atoms with Crippen LogP contribution in [0.25, 0.3) is 0 Å². The molecule has 0 radical (unpaired) electrons. The summed E-state index contributed by atoms with van der Waals surface area (Å²) in [5.74, 6) is 0.478. The molecule has 1 unspecified atom stereocenters. The third kappa shape index (κ3) is 4.01. The molecule has 1 aromatic heterocycles. The van der Waals surface area contributed by atoms with Crippen LogP contribution in [0.1, 0.15) is 18.2 Å². The predicted octanol–water partition coefficient (Wildman–Crippen LogP) is 2.92. The zero-order valence-electron chi connectivity index (χ0n) is 11.4. The van der Waals surface area contributed by atoms with Crippen LogP contribution >= 0.6 is 11.6 Å². The second-order valence-corrected chi connectivity index (χ2v) is 4.90. The van der Waals surface area contributed by atoms with Crippen molar-refractivity contribution < 1.29 is 9.21 Å². The number of amides is 1. The molecule has 0 fully saturated rings. The van der Waals surface area contributed by atoms with Crippen LogP contribution in [0.4, 0.5) is 5.69 Å². The Kier molecular flexibility index (Phi) is 4.85. The van der Waals surface area contributed by atoms with E-state index in [-0.39, 0.29) is 5.91 Å². The van der Waals surface area contributed by atoms with Crippen molar-refractivity contribution in [3.63, 3.8) is 0 Å². The molecule has 0 bridgehead atoms. The molecule has 5 nitrogen and oxygen atoms in total. The summed E-state index contributed by atoms with van der Waals surface area (Å²) < 4.78 is 5.14. The molecule has 0 spiro atoms. The molecule has 108 valence electrons. The van der Waals surface area contributed by atoms with Crippen molar-refractivity contribution in [3.8, 4) is 6.07 Å². The molecule has 0 aliphatic rings. The number of carbonyl (C=O) groups excluding carboxylic acids is 1. The molecule has 21 heavy (non-hydrogen) atoms. The average molecular weight is 304 g/mol. The first kappa shape index (κ1) is 14.9. The van der Waals surface area contributed by atoms with Gasteiger partial charge in [-0.2, -0.15) is 5.26 Å². The summed E-state index contributed by atoms with van der Waals surface area (Å²) >= 11 is 5.90. The highest BCUT2D eigenvalue weighted by molar-refractivity contribution is 6.30. The molecule has 0 aliphatic carbocycles. The van der Waals surface area contributed by atoms with Gasteiger partial charge in [0.05, 0.1) is 24.1 Å². The number of rotatable bonds is 5. The van der Waals surface area contributed by atoms with E-state index < -0.39 is 6.04 Å². The fourth-order valence-electron chi connectivity index (χ4n) is 1.77. The van der Waals surface area contributed by atoms with Gasteiger partial charge >= 0.3 is 0 Å². The van der Waals surface area contributed by atoms with Gasteiger partial charge < -0.3 is 15.1 Å². The summed E-state index contributed by atoms with van der Waals surface area (Å²) in [6.45, 7) is 2.03. The number of nitriles is 1. The summed E-state index contributed by atoms with van der Waals surface area (Å²) in [6.07, 6.45) is 1.55. The number of halogens is 1. The van der Waals surface area contributed by atoms with Gasteiger partial charge in [-0.05, 0) is 37.3 Å². The maximum Gasteiger partial charge on any atom is 0.242 e. The van der Waals surface area contributed by atoms with E-state index >= 15 is 0 Å². The average Bonchev–Trinajstić information content (AvgIpc) is 2.98. The Morgan fingerprint density at radius 2 is 2.29 bits per heavy atom. The normalized spacial score (nSPS) is 11.5. The molecule has 1 amide bonds. The molecule has 1 heterocycles. The third-order valence-electron chi connectivity index (χ3n) is 2.88. The van der Waals surface area contributed by atoms with Gasteiger partial charge in [0.1, 0.15) is 17.9 Å². The number of hydrogen-bond donors (Lipinski definition) is 2. The monoisotopic (exact) mass is 303 g/mol. The minimum atomic E-state index is -0.509. The lowest BCUT2D eigenvalue weighted by atomic mass is 10.1. The highest BCUT2D eigenvalue weighted by atomic mass is 35.5. The summed E-state index contributed by atoms with van der Waals surface area (Å²) in [7, 11) is 0. The Bertz CT molecular complexity index is 662. The van der Waals surface area contributed by atoms with E-state index in [2.05, 4.69) is 16.7 Å². The number of nitrogens with one attached hydrogen (secondary N) is 2. The molecule has 1 aromatic carbocycles. The first-order valence-corrected chi connectivity index (χ1v) is 6.74. The molecular formula is C15H14ClN3O2. The van der Waals surface area contributed by atoms with E-state index in [1.807, 2.05) is 0 Å². The predicted molar refractivity (Wildman–Crippen MR) is 79.8 cm³/mol. The van der Waals surface area contributed by atoms with Crippen LogP contribution in [-0.2, 0) is 11.3 Å². The third-order valence-corrected chi connectivity index (χ3v) is 3.12. The molecule has 0 saturated carbocycles. The Balaban J connectivity index is 1.97. The lowest BCUT2D eigenvalue weighted by Gasteiger charge is -2.16. The van der Waals surface area contributed by atoms with Crippen LogP contribution in [0.2, 0.25) is 5.02 Å². The van der Waals surface area contributed by atoms with Crippen LogP contribution in [0.3, 0.4) is 0 Å². The summed E-state index contributed by atoms with van der Waals surface area (Å²) in [6, 6.07) is 9.95. The smallest absolute Gasteiger partial charge is 0.242 e. The molecule has 2 N–H and O–H groups in total. The van der Waals surface area contributed by atoms with E-state index in [1.54, 1.807) is 43.5 Å². The van der Waals surface area contributed by atoms with E-state index in [1.165, 1.54) is 0 Å². The molecule has 2 aromatic rings. The Morgan fingerprint density at radius 1 is 1.48 bits per heavy atom. The summed E-state index contributed by atoms with van der Waals surface area (Å²) in [5.41, 5.74) is 0.968. The van der Waals surface area contributed by atoms with Crippen LogP contribution in [0.15, 0.2) is 41.0 Å². The van der Waals surface area contributed by atoms with Gasteiger partial charge in [-0.1, -0.05) is 11.6 Å². The number of nitrogens with zero attached hydrogens (tertiary/aromatic N) is 1. The van der Waals surface area contributed by atoms with Crippen molar-refractivity contribution in [1.29, 1.82) is 5.26 Å². The number of hydrogen-bond acceptors (Lipinski definition) is 4. The van der Waals surface area contributed by atoms with Gasteiger partial charge in [-0.3, -0.25) is 4.79 Å². The van der Waals surface area contributed by atoms with Crippen molar-refractivity contribution in [3.05, 3.63) is 52.9 Å². The van der Waals surface area contributed by atoms with Crippen molar-refractivity contribution >= 4 is 23.2 Å². The van der Waals surface area contributed by atoms with Gasteiger partial charge in [0.2, 0.25) is 5.91 Å².